The number of rotatable bonds is 3. The second-order valence-corrected chi connectivity index (χ2v) is 6.00. The Kier molecular flexibility index (Phi) is 3.85. The molecule has 0 amide bonds. The quantitative estimate of drug-likeness (QED) is 0.892. The maximum atomic E-state index is 4.52. The van der Waals surface area contributed by atoms with Gasteiger partial charge in [0.2, 0.25) is 0 Å². The minimum Gasteiger partial charge on any atom is -0.373 e. The van der Waals surface area contributed by atoms with E-state index in [1.165, 1.54) is 12.8 Å². The molecule has 0 bridgehead atoms. The van der Waals surface area contributed by atoms with Gasteiger partial charge >= 0.3 is 0 Å². The van der Waals surface area contributed by atoms with Crippen LogP contribution in [0.3, 0.4) is 0 Å². The van der Waals surface area contributed by atoms with Crippen LogP contribution in [0.4, 0.5) is 5.82 Å². The van der Waals surface area contributed by atoms with Crippen molar-refractivity contribution in [2.24, 2.45) is 5.41 Å². The number of hydrogen-bond donors (Lipinski definition) is 1. The minimum absolute atomic E-state index is 0.500. The van der Waals surface area contributed by atoms with Crippen LogP contribution >= 0.6 is 0 Å². The van der Waals surface area contributed by atoms with Gasteiger partial charge < -0.3 is 5.32 Å². The van der Waals surface area contributed by atoms with Crippen molar-refractivity contribution in [2.75, 3.05) is 25.5 Å². The number of likely N-dealkylation sites (tertiary alicyclic amines) is 1. The summed E-state index contributed by atoms with van der Waals surface area (Å²) in [7, 11) is 1.90. The summed E-state index contributed by atoms with van der Waals surface area (Å²) < 4.78 is 0. The lowest BCUT2D eigenvalue weighted by molar-refractivity contribution is 0.124. The third-order valence-electron chi connectivity index (χ3n) is 3.73. The second-order valence-electron chi connectivity index (χ2n) is 6.00. The van der Waals surface area contributed by atoms with Crippen molar-refractivity contribution in [3.63, 3.8) is 0 Å². The summed E-state index contributed by atoms with van der Waals surface area (Å²) >= 11 is 0. The monoisotopic (exact) mass is 248 g/mol. The highest BCUT2D eigenvalue weighted by Gasteiger charge is 2.25. The molecule has 18 heavy (non-hydrogen) atoms. The first-order chi connectivity index (χ1) is 8.48. The van der Waals surface area contributed by atoms with E-state index in [0.29, 0.717) is 5.41 Å². The van der Waals surface area contributed by atoms with E-state index in [4.69, 9.17) is 0 Å². The molecule has 1 fully saturated rings. The summed E-state index contributed by atoms with van der Waals surface area (Å²) in [6.45, 7) is 9.90. The fourth-order valence-corrected chi connectivity index (χ4v) is 2.35. The molecule has 1 aromatic rings. The maximum Gasteiger partial charge on any atom is 0.144 e. The van der Waals surface area contributed by atoms with Gasteiger partial charge in [-0.25, -0.2) is 9.97 Å². The number of anilines is 1. The van der Waals surface area contributed by atoms with Gasteiger partial charge in [0, 0.05) is 18.8 Å². The topological polar surface area (TPSA) is 41.1 Å². The fourth-order valence-electron chi connectivity index (χ4n) is 2.35. The van der Waals surface area contributed by atoms with Crippen LogP contribution in [0.5, 0.6) is 0 Å². The molecule has 0 aliphatic carbocycles. The van der Waals surface area contributed by atoms with E-state index in [0.717, 1.165) is 37.0 Å². The highest BCUT2D eigenvalue weighted by atomic mass is 15.2. The summed E-state index contributed by atoms with van der Waals surface area (Å²) in [5.74, 6) is 1.84. The van der Waals surface area contributed by atoms with Crippen molar-refractivity contribution in [3.05, 3.63) is 17.6 Å². The zero-order chi connectivity index (χ0) is 13.2. The summed E-state index contributed by atoms with van der Waals surface area (Å²) in [6.07, 6.45) is 2.52. The van der Waals surface area contributed by atoms with Crippen molar-refractivity contribution in [1.29, 1.82) is 0 Å². The zero-order valence-electron chi connectivity index (χ0n) is 12.0. The van der Waals surface area contributed by atoms with Crippen LogP contribution in [0, 0.1) is 12.3 Å². The Morgan fingerprint density at radius 3 is 2.56 bits per heavy atom. The third-order valence-corrected chi connectivity index (χ3v) is 3.73. The smallest absolute Gasteiger partial charge is 0.144 e. The first kappa shape index (κ1) is 13.3. The van der Waals surface area contributed by atoms with Gasteiger partial charge in [0.15, 0.2) is 0 Å². The third kappa shape index (κ3) is 3.42. The van der Waals surface area contributed by atoms with Crippen molar-refractivity contribution in [2.45, 2.75) is 40.2 Å². The molecule has 0 radical (unpaired) electrons. The van der Waals surface area contributed by atoms with Crippen LogP contribution in [-0.2, 0) is 6.54 Å². The number of nitrogens with one attached hydrogen (secondary N) is 1. The van der Waals surface area contributed by atoms with E-state index in [-0.39, 0.29) is 0 Å². The molecule has 0 saturated carbocycles. The van der Waals surface area contributed by atoms with Gasteiger partial charge in [-0.1, -0.05) is 13.8 Å². The summed E-state index contributed by atoms with van der Waals surface area (Å²) in [4.78, 5) is 11.5. The lowest BCUT2D eigenvalue weighted by atomic mass is 9.83. The van der Waals surface area contributed by atoms with E-state index in [1.54, 1.807) is 0 Å². The predicted octanol–water partition coefficient (Wildman–Crippen LogP) is 2.45. The first-order valence-electron chi connectivity index (χ1n) is 6.73. The molecule has 1 aliphatic heterocycles. The van der Waals surface area contributed by atoms with Crippen molar-refractivity contribution in [3.8, 4) is 0 Å². The van der Waals surface area contributed by atoms with Gasteiger partial charge in [-0.3, -0.25) is 4.90 Å². The molecule has 2 heterocycles. The fraction of sp³-hybridized carbons (Fsp3) is 0.714. The second kappa shape index (κ2) is 5.22. The molecular weight excluding hydrogens is 224 g/mol. The van der Waals surface area contributed by atoms with Gasteiger partial charge in [-0.2, -0.15) is 0 Å². The van der Waals surface area contributed by atoms with Crippen LogP contribution in [0.1, 0.15) is 38.2 Å². The summed E-state index contributed by atoms with van der Waals surface area (Å²) in [5.41, 5.74) is 1.53. The molecule has 0 spiro atoms. The van der Waals surface area contributed by atoms with Gasteiger partial charge in [0.1, 0.15) is 11.6 Å². The first-order valence-corrected chi connectivity index (χ1v) is 6.73. The molecular formula is C14H24N4. The van der Waals surface area contributed by atoms with Gasteiger partial charge in [-0.05, 0) is 38.3 Å². The predicted molar refractivity (Wildman–Crippen MR) is 74.6 cm³/mol. The zero-order valence-corrected chi connectivity index (χ0v) is 12.0. The number of hydrogen-bond acceptors (Lipinski definition) is 4. The molecule has 1 saturated heterocycles. The van der Waals surface area contributed by atoms with Crippen molar-refractivity contribution < 1.29 is 0 Å². The lowest BCUT2D eigenvalue weighted by Crippen LogP contribution is -2.37. The van der Waals surface area contributed by atoms with Crippen LogP contribution in [0.15, 0.2) is 6.07 Å². The molecule has 0 unspecified atom stereocenters. The van der Waals surface area contributed by atoms with Gasteiger partial charge in [0.05, 0.1) is 6.54 Å². The molecule has 1 aliphatic rings. The van der Waals surface area contributed by atoms with Crippen LogP contribution in [0.2, 0.25) is 0 Å². The van der Waals surface area contributed by atoms with E-state index in [1.807, 2.05) is 20.0 Å². The van der Waals surface area contributed by atoms with E-state index in [2.05, 4.69) is 34.0 Å². The molecule has 0 atom stereocenters. The molecule has 2 rings (SSSR count). The molecule has 1 N–H and O–H groups in total. The molecule has 4 nitrogen and oxygen atoms in total. The summed E-state index contributed by atoms with van der Waals surface area (Å²) in [6, 6.07) is 1.98. The highest BCUT2D eigenvalue weighted by molar-refractivity contribution is 5.34. The SMILES string of the molecule is CNc1cc(C)nc(CN2CCC(C)(C)CC2)n1. The van der Waals surface area contributed by atoms with E-state index < -0.39 is 0 Å². The van der Waals surface area contributed by atoms with Crippen molar-refractivity contribution >= 4 is 5.82 Å². The highest BCUT2D eigenvalue weighted by Crippen LogP contribution is 2.30. The molecule has 0 aromatic carbocycles. The van der Waals surface area contributed by atoms with Gasteiger partial charge in [-0.15, -0.1) is 0 Å². The average molecular weight is 248 g/mol. The largest absolute Gasteiger partial charge is 0.373 e. The number of piperidine rings is 1. The van der Waals surface area contributed by atoms with E-state index >= 15 is 0 Å². The average Bonchev–Trinajstić information content (AvgIpc) is 2.31. The number of nitrogens with zero attached hydrogens (tertiary/aromatic N) is 3. The van der Waals surface area contributed by atoms with E-state index in [9.17, 15) is 0 Å². The molecule has 4 heteroatoms. The standard InChI is InChI=1S/C14H24N4/c1-11-9-12(15-4)17-13(16-11)10-18-7-5-14(2,3)6-8-18/h9H,5-8,10H2,1-4H3,(H,15,16,17). The Balaban J connectivity index is 2.00. The van der Waals surface area contributed by atoms with Crippen LogP contribution < -0.4 is 5.32 Å². The number of aryl methyl sites for hydroxylation is 1. The Bertz CT molecular complexity index is 404. The van der Waals surface area contributed by atoms with Crippen molar-refractivity contribution in [1.82, 2.24) is 14.9 Å². The Labute approximate surface area is 110 Å². The van der Waals surface area contributed by atoms with Gasteiger partial charge in [0.25, 0.3) is 0 Å². The Hall–Kier alpha value is -1.16. The normalized spacial score (nSPS) is 19.8. The Morgan fingerprint density at radius 2 is 1.94 bits per heavy atom. The minimum atomic E-state index is 0.500. The van der Waals surface area contributed by atoms with Crippen LogP contribution in [-0.4, -0.2) is 35.0 Å². The maximum absolute atomic E-state index is 4.52. The molecule has 100 valence electrons. The lowest BCUT2D eigenvalue weighted by Gasteiger charge is -2.36. The molecule has 1 aromatic heterocycles. The van der Waals surface area contributed by atoms with Crippen LogP contribution in [0.25, 0.3) is 0 Å². The Morgan fingerprint density at radius 1 is 1.28 bits per heavy atom. The summed E-state index contributed by atoms with van der Waals surface area (Å²) in [5, 5.41) is 3.09. The number of aromatic nitrogens is 2.